The molecule has 0 unspecified atom stereocenters. The highest BCUT2D eigenvalue weighted by Crippen LogP contribution is 2.11. The first-order valence-corrected chi connectivity index (χ1v) is 6.61. The number of rotatable bonds is 4. The summed E-state index contributed by atoms with van der Waals surface area (Å²) < 4.78 is 4.91. The number of anilines is 1. The molecule has 1 N–H and O–H groups in total. The Morgan fingerprint density at radius 2 is 1.86 bits per heavy atom. The average molecular weight is 284 g/mol. The van der Waals surface area contributed by atoms with Crippen molar-refractivity contribution < 1.29 is 14.3 Å². The molecule has 0 bridgehead atoms. The third kappa shape index (κ3) is 3.89. The summed E-state index contributed by atoms with van der Waals surface area (Å²) in [5.74, 6) is -0.402. The number of nitrogens with one attached hydrogen (secondary N) is 1. The molecule has 0 spiro atoms. The molecule has 1 heterocycles. The lowest BCUT2D eigenvalue weighted by Gasteiger charge is -2.06. The number of hydrogen-bond donors (Lipinski definition) is 1. The maximum Gasteiger partial charge on any atom is 0.338 e. The van der Waals surface area contributed by atoms with E-state index < -0.39 is 5.97 Å². The molecular formula is C16H16N2O3. The number of aryl methyl sites for hydroxylation is 1. The standard InChI is InChI=1S/C16H16N2O3/c1-3-21-16(20)13-8-9-17-14(10-13)18-15(19)12-6-4-11(2)5-7-12/h4-10H,3H2,1-2H3,(H,17,18,19). The predicted molar refractivity (Wildman–Crippen MR) is 79.3 cm³/mol. The summed E-state index contributed by atoms with van der Waals surface area (Å²) in [5, 5.41) is 2.66. The summed E-state index contributed by atoms with van der Waals surface area (Å²) in [7, 11) is 0. The molecule has 0 aliphatic carbocycles. The molecule has 1 aromatic carbocycles. The number of nitrogens with zero attached hydrogens (tertiary/aromatic N) is 1. The van der Waals surface area contributed by atoms with Crippen molar-refractivity contribution in [3.8, 4) is 0 Å². The quantitative estimate of drug-likeness (QED) is 0.877. The van der Waals surface area contributed by atoms with Gasteiger partial charge in [0.25, 0.3) is 5.91 Å². The van der Waals surface area contributed by atoms with Gasteiger partial charge in [0.1, 0.15) is 5.82 Å². The number of benzene rings is 1. The van der Waals surface area contributed by atoms with Crippen LogP contribution in [0, 0.1) is 6.92 Å². The van der Waals surface area contributed by atoms with Crippen LogP contribution in [0.5, 0.6) is 0 Å². The molecule has 5 nitrogen and oxygen atoms in total. The number of ether oxygens (including phenoxy) is 1. The van der Waals surface area contributed by atoms with Crippen LogP contribution in [0.15, 0.2) is 42.6 Å². The molecule has 1 amide bonds. The highest BCUT2D eigenvalue weighted by atomic mass is 16.5. The molecule has 108 valence electrons. The Kier molecular flexibility index (Phi) is 4.66. The zero-order chi connectivity index (χ0) is 15.2. The minimum Gasteiger partial charge on any atom is -0.462 e. The Morgan fingerprint density at radius 3 is 2.52 bits per heavy atom. The molecule has 1 aromatic heterocycles. The van der Waals surface area contributed by atoms with Crippen LogP contribution in [0.1, 0.15) is 33.2 Å². The van der Waals surface area contributed by atoms with Crippen molar-refractivity contribution in [2.45, 2.75) is 13.8 Å². The minimum absolute atomic E-state index is 0.275. The van der Waals surface area contributed by atoms with E-state index in [4.69, 9.17) is 4.74 Å². The lowest BCUT2D eigenvalue weighted by Crippen LogP contribution is -2.14. The summed E-state index contributed by atoms with van der Waals surface area (Å²) in [6, 6.07) is 10.2. The molecule has 2 rings (SSSR count). The molecule has 0 saturated carbocycles. The summed E-state index contributed by atoms with van der Waals surface area (Å²) >= 11 is 0. The lowest BCUT2D eigenvalue weighted by molar-refractivity contribution is 0.0526. The van der Waals surface area contributed by atoms with Crippen molar-refractivity contribution in [1.29, 1.82) is 0 Å². The average Bonchev–Trinajstić information content (AvgIpc) is 2.48. The Morgan fingerprint density at radius 1 is 1.14 bits per heavy atom. The van der Waals surface area contributed by atoms with Gasteiger partial charge in [-0.3, -0.25) is 4.79 Å². The van der Waals surface area contributed by atoms with Crippen LogP contribution in [0.2, 0.25) is 0 Å². The molecule has 0 atom stereocenters. The Hall–Kier alpha value is -2.69. The van der Waals surface area contributed by atoms with E-state index in [1.165, 1.54) is 12.3 Å². The van der Waals surface area contributed by atoms with Crippen LogP contribution >= 0.6 is 0 Å². The molecule has 0 saturated heterocycles. The van der Waals surface area contributed by atoms with Crippen LogP contribution in [0.3, 0.4) is 0 Å². The van der Waals surface area contributed by atoms with E-state index in [-0.39, 0.29) is 5.91 Å². The third-order valence-electron chi connectivity index (χ3n) is 2.83. The van der Waals surface area contributed by atoms with Gasteiger partial charge in [-0.2, -0.15) is 0 Å². The van der Waals surface area contributed by atoms with Crippen molar-refractivity contribution in [2.24, 2.45) is 0 Å². The Labute approximate surface area is 123 Å². The number of carbonyl (C=O) groups is 2. The van der Waals surface area contributed by atoms with Gasteiger partial charge in [-0.15, -0.1) is 0 Å². The number of aromatic nitrogens is 1. The van der Waals surface area contributed by atoms with Crippen LogP contribution in [0.4, 0.5) is 5.82 Å². The molecule has 0 aliphatic heterocycles. The summed E-state index contributed by atoms with van der Waals surface area (Å²) in [5.41, 5.74) is 1.96. The second kappa shape index (κ2) is 6.65. The van der Waals surface area contributed by atoms with E-state index in [0.29, 0.717) is 23.6 Å². The maximum atomic E-state index is 12.1. The van der Waals surface area contributed by atoms with Crippen LogP contribution in [-0.2, 0) is 4.74 Å². The van der Waals surface area contributed by atoms with E-state index in [1.807, 2.05) is 19.1 Å². The fourth-order valence-corrected chi connectivity index (χ4v) is 1.73. The number of hydrogen-bond acceptors (Lipinski definition) is 4. The van der Waals surface area contributed by atoms with E-state index in [9.17, 15) is 9.59 Å². The van der Waals surface area contributed by atoms with Gasteiger partial charge in [0.2, 0.25) is 0 Å². The van der Waals surface area contributed by atoms with Gasteiger partial charge >= 0.3 is 5.97 Å². The zero-order valence-electron chi connectivity index (χ0n) is 11.9. The number of amides is 1. The lowest BCUT2D eigenvalue weighted by atomic mass is 10.1. The number of pyridine rings is 1. The first kappa shape index (κ1) is 14.7. The van der Waals surface area contributed by atoms with E-state index >= 15 is 0 Å². The van der Waals surface area contributed by atoms with E-state index in [2.05, 4.69) is 10.3 Å². The van der Waals surface area contributed by atoms with Crippen molar-refractivity contribution in [3.63, 3.8) is 0 Å². The van der Waals surface area contributed by atoms with Gasteiger partial charge in [-0.25, -0.2) is 9.78 Å². The van der Waals surface area contributed by atoms with E-state index in [1.54, 1.807) is 25.1 Å². The fourth-order valence-electron chi connectivity index (χ4n) is 1.73. The van der Waals surface area contributed by atoms with Crippen LogP contribution < -0.4 is 5.32 Å². The first-order valence-electron chi connectivity index (χ1n) is 6.61. The maximum absolute atomic E-state index is 12.1. The molecule has 0 fully saturated rings. The second-order valence-electron chi connectivity index (χ2n) is 4.47. The van der Waals surface area contributed by atoms with Crippen molar-refractivity contribution in [2.75, 3.05) is 11.9 Å². The fraction of sp³-hybridized carbons (Fsp3) is 0.188. The molecule has 2 aromatic rings. The third-order valence-corrected chi connectivity index (χ3v) is 2.83. The van der Waals surface area contributed by atoms with Crippen molar-refractivity contribution in [1.82, 2.24) is 4.98 Å². The molecule has 5 heteroatoms. The van der Waals surface area contributed by atoms with Gasteiger partial charge < -0.3 is 10.1 Å². The van der Waals surface area contributed by atoms with Gasteiger partial charge in [0, 0.05) is 11.8 Å². The van der Waals surface area contributed by atoms with E-state index in [0.717, 1.165) is 5.56 Å². The van der Waals surface area contributed by atoms with Crippen molar-refractivity contribution >= 4 is 17.7 Å². The molecule has 0 radical (unpaired) electrons. The monoisotopic (exact) mass is 284 g/mol. The number of carbonyl (C=O) groups excluding carboxylic acids is 2. The van der Waals surface area contributed by atoms with Gasteiger partial charge in [0.05, 0.1) is 12.2 Å². The summed E-state index contributed by atoms with van der Waals surface area (Å²) in [6.07, 6.45) is 1.46. The predicted octanol–water partition coefficient (Wildman–Crippen LogP) is 2.82. The van der Waals surface area contributed by atoms with Crippen LogP contribution in [-0.4, -0.2) is 23.5 Å². The highest BCUT2D eigenvalue weighted by Gasteiger charge is 2.10. The van der Waals surface area contributed by atoms with Gasteiger partial charge in [-0.05, 0) is 38.1 Å². The Bertz CT molecular complexity index is 651. The van der Waals surface area contributed by atoms with Gasteiger partial charge in [-0.1, -0.05) is 17.7 Å². The molecule has 21 heavy (non-hydrogen) atoms. The normalized spacial score (nSPS) is 10.0. The Balaban J connectivity index is 2.12. The highest BCUT2D eigenvalue weighted by molar-refractivity contribution is 6.04. The molecular weight excluding hydrogens is 268 g/mol. The summed E-state index contributed by atoms with van der Waals surface area (Å²) in [4.78, 5) is 27.7. The zero-order valence-corrected chi connectivity index (χ0v) is 11.9. The minimum atomic E-state index is -0.439. The van der Waals surface area contributed by atoms with Crippen LogP contribution in [0.25, 0.3) is 0 Å². The smallest absolute Gasteiger partial charge is 0.338 e. The van der Waals surface area contributed by atoms with Crippen molar-refractivity contribution in [3.05, 3.63) is 59.3 Å². The topological polar surface area (TPSA) is 68.3 Å². The molecule has 0 aliphatic rings. The largest absolute Gasteiger partial charge is 0.462 e. The first-order chi connectivity index (χ1) is 10.1. The SMILES string of the molecule is CCOC(=O)c1ccnc(NC(=O)c2ccc(C)cc2)c1. The number of esters is 1. The second-order valence-corrected chi connectivity index (χ2v) is 4.47. The summed E-state index contributed by atoms with van der Waals surface area (Å²) in [6.45, 7) is 3.98. The van der Waals surface area contributed by atoms with Gasteiger partial charge in [0.15, 0.2) is 0 Å².